The Morgan fingerprint density at radius 1 is 0.766 bits per heavy atom. The quantitative estimate of drug-likeness (QED) is 0.233. The number of methoxy groups -OCH3 is 2. The number of hydrogen-bond acceptors (Lipinski definition) is 9. The van der Waals surface area contributed by atoms with E-state index in [1.54, 1.807) is 62.1 Å². The van der Waals surface area contributed by atoms with E-state index in [0.29, 0.717) is 59.5 Å². The molecule has 1 aliphatic rings. The summed E-state index contributed by atoms with van der Waals surface area (Å²) in [6, 6.07) is 23.3. The molecule has 0 unspecified atom stereocenters. The fourth-order valence-electron chi connectivity index (χ4n) is 5.75. The number of nitrogens with one attached hydrogen (secondary N) is 1. The molecule has 1 fully saturated rings. The number of fused-ring (bicyclic) bond motifs is 1. The predicted molar refractivity (Wildman–Crippen MR) is 181 cm³/mol. The summed E-state index contributed by atoms with van der Waals surface area (Å²) in [4.78, 5) is 51.9. The van der Waals surface area contributed by atoms with Crippen LogP contribution in [0.25, 0.3) is 16.7 Å². The molecule has 3 aromatic carbocycles. The molecule has 0 atom stereocenters. The van der Waals surface area contributed by atoms with Crippen LogP contribution < -0.4 is 30.1 Å². The number of Topliss-reactive ketones (excluding diaryl/α,β-unsaturated/α-hetero) is 1. The number of hydrogen-bond donors (Lipinski definition) is 1. The predicted octanol–water partition coefficient (Wildman–Crippen LogP) is 4.57. The Kier molecular flexibility index (Phi) is 8.88. The van der Waals surface area contributed by atoms with Crippen LogP contribution in [0, 0.1) is 6.92 Å². The van der Waals surface area contributed by atoms with E-state index in [9.17, 15) is 14.4 Å². The summed E-state index contributed by atoms with van der Waals surface area (Å²) < 4.78 is 12.2. The molecular weight excluding hydrogens is 596 g/mol. The Morgan fingerprint density at radius 3 is 2.06 bits per heavy atom. The lowest BCUT2D eigenvalue weighted by atomic mass is 10.1. The molecule has 0 radical (unpaired) electrons. The van der Waals surface area contributed by atoms with E-state index in [4.69, 9.17) is 19.4 Å². The van der Waals surface area contributed by atoms with Crippen LogP contribution in [0.4, 0.5) is 11.6 Å². The molecule has 47 heavy (non-hydrogen) atoms. The second-order valence-electron chi connectivity index (χ2n) is 11.3. The van der Waals surface area contributed by atoms with Crippen molar-refractivity contribution in [1.29, 1.82) is 0 Å². The number of carbonyl (C=O) groups excluding carboxylic acids is 2. The van der Waals surface area contributed by atoms with Gasteiger partial charge in [0.05, 0.1) is 25.6 Å². The zero-order valence-electron chi connectivity index (χ0n) is 26.8. The third kappa shape index (κ3) is 6.51. The van der Waals surface area contributed by atoms with Gasteiger partial charge in [0.25, 0.3) is 11.5 Å². The van der Waals surface area contributed by atoms with Gasteiger partial charge in [0.15, 0.2) is 22.9 Å². The fourth-order valence-corrected chi connectivity index (χ4v) is 5.75. The average Bonchev–Trinajstić information content (AvgIpc) is 3.10. The molecule has 5 aromatic rings. The van der Waals surface area contributed by atoms with Gasteiger partial charge in [-0.1, -0.05) is 6.07 Å². The van der Waals surface area contributed by atoms with Gasteiger partial charge in [-0.3, -0.25) is 19.0 Å². The summed E-state index contributed by atoms with van der Waals surface area (Å²) in [7, 11) is 3.14. The maximum Gasteiger partial charge on any atom is 0.256 e. The van der Waals surface area contributed by atoms with E-state index in [2.05, 4.69) is 15.1 Å². The topological polar surface area (TPSA) is 119 Å². The van der Waals surface area contributed by atoms with Crippen molar-refractivity contribution >= 4 is 34.4 Å². The van der Waals surface area contributed by atoms with Gasteiger partial charge in [0, 0.05) is 61.0 Å². The van der Waals surface area contributed by atoms with Crippen molar-refractivity contribution in [2.24, 2.45) is 0 Å². The molecule has 0 bridgehead atoms. The lowest BCUT2D eigenvalue weighted by molar-refractivity contribution is 0.0950. The molecular formula is C36H36N6O5. The van der Waals surface area contributed by atoms with Crippen LogP contribution in [0.1, 0.15) is 38.9 Å². The van der Waals surface area contributed by atoms with Crippen LogP contribution in [-0.2, 0) is 6.54 Å². The summed E-state index contributed by atoms with van der Waals surface area (Å²) in [5, 5.41) is 3.70. The van der Waals surface area contributed by atoms with E-state index >= 15 is 0 Å². The summed E-state index contributed by atoms with van der Waals surface area (Å²) in [6.45, 7) is 6.71. The van der Waals surface area contributed by atoms with Crippen molar-refractivity contribution in [3.05, 3.63) is 112 Å². The van der Waals surface area contributed by atoms with Gasteiger partial charge >= 0.3 is 0 Å². The largest absolute Gasteiger partial charge is 0.493 e. The number of amides is 1. The maximum absolute atomic E-state index is 13.2. The van der Waals surface area contributed by atoms with E-state index in [1.165, 1.54) is 6.07 Å². The van der Waals surface area contributed by atoms with Crippen LogP contribution in [0.2, 0.25) is 0 Å². The van der Waals surface area contributed by atoms with Crippen LogP contribution >= 0.6 is 0 Å². The van der Waals surface area contributed by atoms with E-state index in [1.807, 2.05) is 43.3 Å². The maximum atomic E-state index is 13.2. The minimum Gasteiger partial charge on any atom is -0.493 e. The molecule has 11 heteroatoms. The van der Waals surface area contributed by atoms with Gasteiger partial charge in [0.1, 0.15) is 0 Å². The van der Waals surface area contributed by atoms with E-state index in [0.717, 1.165) is 35.4 Å². The van der Waals surface area contributed by atoms with E-state index < -0.39 is 0 Å². The molecule has 1 N–H and O–H groups in total. The normalized spacial score (nSPS) is 13.0. The van der Waals surface area contributed by atoms with Gasteiger partial charge in [-0.2, -0.15) is 4.98 Å². The van der Waals surface area contributed by atoms with Gasteiger partial charge in [-0.15, -0.1) is 0 Å². The second kappa shape index (κ2) is 13.3. The highest BCUT2D eigenvalue weighted by molar-refractivity contribution is 5.95. The number of piperazine rings is 1. The number of nitrogens with zero attached hydrogens (tertiary/aromatic N) is 5. The van der Waals surface area contributed by atoms with E-state index in [-0.39, 0.29) is 17.2 Å². The zero-order chi connectivity index (χ0) is 33.1. The smallest absolute Gasteiger partial charge is 0.256 e. The number of anilines is 2. The number of benzene rings is 3. The minimum atomic E-state index is -0.244. The number of pyridine rings is 1. The van der Waals surface area contributed by atoms with Crippen LogP contribution in [-0.4, -0.2) is 66.6 Å². The third-order valence-electron chi connectivity index (χ3n) is 8.42. The Hall–Kier alpha value is -5.71. The Labute approximate surface area is 272 Å². The third-order valence-corrected chi connectivity index (χ3v) is 8.42. The SMILES string of the molecule is COc1ccc(CNC(=O)c2ccc(-n3c(=O)ccc4c(C)nc(N5CCN(c6ccc(C(C)=O)cc6)CC5)nc43)cc2)cc1OC. The Bertz CT molecular complexity index is 2000. The summed E-state index contributed by atoms with van der Waals surface area (Å²) in [5.41, 5.74) is 4.74. The molecule has 1 amide bonds. The van der Waals surface area contributed by atoms with Gasteiger partial charge in [-0.05, 0) is 86.1 Å². The monoisotopic (exact) mass is 632 g/mol. The standard InChI is InChI=1S/C36H36N6O5/c1-23-30-14-16-33(44)42(29-12-8-27(9-13-29)35(45)37-22-25-5-15-31(46-3)32(21-25)47-4)34(30)39-36(38-23)41-19-17-40(18-20-41)28-10-6-26(7-11-28)24(2)43/h5-16,21H,17-20,22H2,1-4H3,(H,37,45). The number of carbonyl (C=O) groups is 2. The van der Waals surface area contributed by atoms with Crippen molar-refractivity contribution in [3.63, 3.8) is 0 Å². The highest BCUT2D eigenvalue weighted by Gasteiger charge is 2.22. The molecule has 0 spiro atoms. The first-order valence-corrected chi connectivity index (χ1v) is 15.4. The lowest BCUT2D eigenvalue weighted by Gasteiger charge is -2.36. The number of aryl methyl sites for hydroxylation is 1. The Balaban J connectivity index is 1.19. The van der Waals surface area contributed by atoms with Gasteiger partial charge in [0.2, 0.25) is 5.95 Å². The van der Waals surface area contributed by atoms with Crippen molar-refractivity contribution < 1.29 is 19.1 Å². The van der Waals surface area contributed by atoms with Crippen LogP contribution in [0.3, 0.4) is 0 Å². The zero-order valence-corrected chi connectivity index (χ0v) is 26.8. The summed E-state index contributed by atoms with van der Waals surface area (Å²) >= 11 is 0. The average molecular weight is 633 g/mol. The number of aromatic nitrogens is 3. The molecule has 11 nitrogen and oxygen atoms in total. The molecule has 1 aliphatic heterocycles. The summed E-state index contributed by atoms with van der Waals surface area (Å²) in [6.07, 6.45) is 0. The minimum absolute atomic E-state index is 0.0486. The van der Waals surface area contributed by atoms with Crippen molar-refractivity contribution in [3.8, 4) is 17.2 Å². The molecule has 6 rings (SSSR count). The highest BCUT2D eigenvalue weighted by atomic mass is 16.5. The molecule has 240 valence electrons. The fraction of sp³-hybridized carbons (Fsp3) is 0.250. The first-order valence-electron chi connectivity index (χ1n) is 15.4. The Morgan fingerprint density at radius 2 is 1.40 bits per heavy atom. The first kappa shape index (κ1) is 31.3. The van der Waals surface area contributed by atoms with Crippen LogP contribution in [0.15, 0.2) is 83.7 Å². The summed E-state index contributed by atoms with van der Waals surface area (Å²) in [5.74, 6) is 1.57. The van der Waals surface area contributed by atoms with Crippen LogP contribution in [0.5, 0.6) is 11.5 Å². The molecule has 2 aromatic heterocycles. The molecule has 1 saturated heterocycles. The number of rotatable bonds is 9. The number of ketones is 1. The van der Waals surface area contributed by atoms with Crippen molar-refractivity contribution in [1.82, 2.24) is 19.9 Å². The van der Waals surface area contributed by atoms with Gasteiger partial charge in [-0.25, -0.2) is 4.98 Å². The molecule has 3 heterocycles. The van der Waals surface area contributed by atoms with Gasteiger partial charge < -0.3 is 24.6 Å². The lowest BCUT2D eigenvalue weighted by Crippen LogP contribution is -2.47. The molecule has 0 aliphatic carbocycles. The first-order chi connectivity index (χ1) is 22.7. The molecule has 0 saturated carbocycles. The second-order valence-corrected chi connectivity index (χ2v) is 11.3. The highest BCUT2D eigenvalue weighted by Crippen LogP contribution is 2.28. The van der Waals surface area contributed by atoms with Crippen molar-refractivity contribution in [2.75, 3.05) is 50.2 Å². The van der Waals surface area contributed by atoms with Crippen molar-refractivity contribution in [2.45, 2.75) is 20.4 Å². The number of ether oxygens (including phenoxy) is 2.